The molecule has 6 heteroatoms. The summed E-state index contributed by atoms with van der Waals surface area (Å²) in [4.78, 5) is 29.6. The maximum absolute atomic E-state index is 13.5. The van der Waals surface area contributed by atoms with Crippen LogP contribution in [0.25, 0.3) is 0 Å². The molecule has 0 aliphatic rings. The molecule has 0 spiro atoms. The third-order valence-corrected chi connectivity index (χ3v) is 7.06. The van der Waals surface area contributed by atoms with Crippen molar-refractivity contribution in [1.29, 1.82) is 0 Å². The zero-order valence-corrected chi connectivity index (χ0v) is 21.9. The summed E-state index contributed by atoms with van der Waals surface area (Å²) in [5, 5.41) is 3.66. The first-order valence-corrected chi connectivity index (χ1v) is 13.4. The van der Waals surface area contributed by atoms with Crippen molar-refractivity contribution in [2.75, 3.05) is 12.3 Å². The van der Waals surface area contributed by atoms with Crippen molar-refractivity contribution in [3.63, 3.8) is 0 Å². The Balaban J connectivity index is 1.75. The normalized spacial score (nSPS) is 11.6. The summed E-state index contributed by atoms with van der Waals surface area (Å²) in [5.41, 5.74) is 3.21. The lowest BCUT2D eigenvalue weighted by Crippen LogP contribution is -2.50. The largest absolute Gasteiger partial charge is 0.355 e. The molecule has 0 aliphatic carbocycles. The van der Waals surface area contributed by atoms with Gasteiger partial charge in [0.1, 0.15) is 6.04 Å². The molecule has 0 saturated carbocycles. The molecule has 0 heterocycles. The van der Waals surface area contributed by atoms with Crippen molar-refractivity contribution in [1.82, 2.24) is 10.2 Å². The van der Waals surface area contributed by atoms with Crippen LogP contribution in [-0.4, -0.2) is 35.1 Å². The molecular weight excluding hydrogens is 476 g/mol. The van der Waals surface area contributed by atoms with E-state index >= 15 is 0 Å². The molecule has 3 aromatic carbocycles. The van der Waals surface area contributed by atoms with Crippen LogP contribution >= 0.6 is 23.4 Å². The molecule has 3 aromatic rings. The molecular formula is C29H33ClN2O2S. The van der Waals surface area contributed by atoms with E-state index in [1.807, 2.05) is 92.7 Å². The second kappa shape index (κ2) is 14.0. The number of likely N-dealkylation sites (N-methyl/N-ethyl adjacent to an activating group) is 1. The van der Waals surface area contributed by atoms with Crippen molar-refractivity contribution in [3.05, 3.63) is 101 Å². The number of nitrogens with one attached hydrogen (secondary N) is 1. The number of rotatable bonds is 12. The second-order valence-electron chi connectivity index (χ2n) is 8.51. The van der Waals surface area contributed by atoms with Gasteiger partial charge in [-0.2, -0.15) is 0 Å². The SMILES string of the molecule is CCNC(=O)[C@H](Cc1ccccc1)N(Cc1ccc(C)cc1)C(=O)CCCSc1ccc(Cl)cc1. The Morgan fingerprint density at radius 1 is 0.943 bits per heavy atom. The van der Waals surface area contributed by atoms with Crippen LogP contribution in [0.3, 0.4) is 0 Å². The van der Waals surface area contributed by atoms with Crippen LogP contribution < -0.4 is 5.32 Å². The molecule has 184 valence electrons. The lowest BCUT2D eigenvalue weighted by molar-refractivity contribution is -0.141. The van der Waals surface area contributed by atoms with E-state index in [0.29, 0.717) is 31.0 Å². The fraction of sp³-hybridized carbons (Fsp3) is 0.310. The van der Waals surface area contributed by atoms with Crippen molar-refractivity contribution >= 4 is 35.2 Å². The smallest absolute Gasteiger partial charge is 0.243 e. The molecule has 2 amide bonds. The highest BCUT2D eigenvalue weighted by molar-refractivity contribution is 7.99. The molecule has 35 heavy (non-hydrogen) atoms. The summed E-state index contributed by atoms with van der Waals surface area (Å²) in [6.45, 7) is 4.86. The fourth-order valence-electron chi connectivity index (χ4n) is 3.82. The Hall–Kier alpha value is -2.76. The number of benzene rings is 3. The molecule has 3 rings (SSSR count). The van der Waals surface area contributed by atoms with Gasteiger partial charge in [0.2, 0.25) is 11.8 Å². The molecule has 0 radical (unpaired) electrons. The zero-order valence-electron chi connectivity index (χ0n) is 20.4. The Morgan fingerprint density at radius 3 is 2.29 bits per heavy atom. The topological polar surface area (TPSA) is 49.4 Å². The molecule has 0 unspecified atom stereocenters. The molecule has 0 bridgehead atoms. The van der Waals surface area contributed by atoms with Gasteiger partial charge in [0.05, 0.1) is 0 Å². The van der Waals surface area contributed by atoms with E-state index in [0.717, 1.165) is 33.8 Å². The highest BCUT2D eigenvalue weighted by Gasteiger charge is 2.29. The third kappa shape index (κ3) is 8.75. The van der Waals surface area contributed by atoms with E-state index in [4.69, 9.17) is 11.6 Å². The van der Waals surface area contributed by atoms with E-state index in [-0.39, 0.29) is 11.8 Å². The van der Waals surface area contributed by atoms with Crippen LogP contribution in [0, 0.1) is 6.92 Å². The first-order chi connectivity index (χ1) is 17.0. The van der Waals surface area contributed by atoms with Crippen molar-refractivity contribution in [2.24, 2.45) is 0 Å². The van der Waals surface area contributed by atoms with Crippen LogP contribution in [0.15, 0.2) is 83.8 Å². The number of carbonyl (C=O) groups is 2. The van der Waals surface area contributed by atoms with Crippen molar-refractivity contribution in [2.45, 2.75) is 50.6 Å². The summed E-state index contributed by atoms with van der Waals surface area (Å²) >= 11 is 7.67. The maximum Gasteiger partial charge on any atom is 0.243 e. The molecule has 1 N–H and O–H groups in total. The minimum absolute atomic E-state index is 0.00512. The van der Waals surface area contributed by atoms with Gasteiger partial charge in [-0.05, 0) is 61.4 Å². The van der Waals surface area contributed by atoms with Gasteiger partial charge in [0.15, 0.2) is 0 Å². The molecule has 0 fully saturated rings. The summed E-state index contributed by atoms with van der Waals surface area (Å²) in [5.74, 6) is 0.692. The number of aryl methyl sites for hydroxylation is 1. The van der Waals surface area contributed by atoms with E-state index in [1.165, 1.54) is 0 Å². The minimum atomic E-state index is -0.574. The number of halogens is 1. The standard InChI is InChI=1S/C29H33ClN2O2S/c1-3-31-29(34)27(20-23-8-5-4-6-9-23)32(21-24-13-11-22(2)12-14-24)28(33)10-7-19-35-26-17-15-25(30)16-18-26/h4-6,8-9,11-18,27H,3,7,10,19-21H2,1-2H3,(H,31,34)/t27-/m0/s1. The van der Waals surface area contributed by atoms with Crippen LogP contribution in [0.1, 0.15) is 36.5 Å². The van der Waals surface area contributed by atoms with Gasteiger partial charge in [0.25, 0.3) is 0 Å². The molecule has 0 saturated heterocycles. The monoisotopic (exact) mass is 508 g/mol. The Labute approximate surface area is 218 Å². The Bertz CT molecular complexity index is 1070. The van der Waals surface area contributed by atoms with E-state index in [9.17, 15) is 9.59 Å². The third-order valence-electron chi connectivity index (χ3n) is 5.71. The summed E-state index contributed by atoms with van der Waals surface area (Å²) in [6, 6.07) is 25.2. The Kier molecular flexibility index (Phi) is 10.7. The van der Waals surface area contributed by atoms with Crippen molar-refractivity contribution < 1.29 is 9.59 Å². The maximum atomic E-state index is 13.5. The predicted octanol–water partition coefficient (Wildman–Crippen LogP) is 6.30. The number of thioether (sulfide) groups is 1. The Morgan fingerprint density at radius 2 is 1.63 bits per heavy atom. The van der Waals surface area contributed by atoms with E-state index < -0.39 is 6.04 Å². The second-order valence-corrected chi connectivity index (χ2v) is 10.1. The highest BCUT2D eigenvalue weighted by Crippen LogP contribution is 2.22. The van der Waals surface area contributed by atoms with Gasteiger partial charge >= 0.3 is 0 Å². The van der Waals surface area contributed by atoms with Gasteiger partial charge in [-0.15, -0.1) is 11.8 Å². The van der Waals surface area contributed by atoms with Crippen LogP contribution in [0.2, 0.25) is 5.02 Å². The molecule has 1 atom stereocenters. The summed E-state index contributed by atoms with van der Waals surface area (Å²) < 4.78 is 0. The van der Waals surface area contributed by atoms with Gasteiger partial charge in [-0.25, -0.2) is 0 Å². The number of hydrogen-bond donors (Lipinski definition) is 1. The van der Waals surface area contributed by atoms with Gasteiger partial charge in [-0.1, -0.05) is 71.8 Å². The van der Waals surface area contributed by atoms with Crippen molar-refractivity contribution in [3.8, 4) is 0 Å². The number of amides is 2. The molecule has 0 aromatic heterocycles. The number of nitrogens with zero attached hydrogens (tertiary/aromatic N) is 1. The van der Waals surface area contributed by atoms with Gasteiger partial charge in [-0.3, -0.25) is 9.59 Å². The summed E-state index contributed by atoms with van der Waals surface area (Å²) in [6.07, 6.45) is 1.59. The number of carbonyl (C=O) groups excluding carboxylic acids is 2. The van der Waals surface area contributed by atoms with Gasteiger partial charge in [0, 0.05) is 35.8 Å². The first kappa shape index (κ1) is 26.8. The predicted molar refractivity (Wildman–Crippen MR) is 146 cm³/mol. The molecule has 0 aliphatic heterocycles. The lowest BCUT2D eigenvalue weighted by atomic mass is 10.0. The number of hydrogen-bond acceptors (Lipinski definition) is 3. The quantitative estimate of drug-likeness (QED) is 0.231. The average Bonchev–Trinajstić information content (AvgIpc) is 2.87. The van der Waals surface area contributed by atoms with Crippen LogP contribution in [0.5, 0.6) is 0 Å². The lowest BCUT2D eigenvalue weighted by Gasteiger charge is -2.31. The molecule has 4 nitrogen and oxygen atoms in total. The van der Waals surface area contributed by atoms with Gasteiger partial charge < -0.3 is 10.2 Å². The highest BCUT2D eigenvalue weighted by atomic mass is 35.5. The first-order valence-electron chi connectivity index (χ1n) is 12.0. The van der Waals surface area contributed by atoms with Crippen LogP contribution in [0.4, 0.5) is 0 Å². The van der Waals surface area contributed by atoms with Crippen LogP contribution in [-0.2, 0) is 22.6 Å². The fourth-order valence-corrected chi connectivity index (χ4v) is 4.80. The average molecular weight is 509 g/mol. The van der Waals surface area contributed by atoms with E-state index in [2.05, 4.69) is 5.32 Å². The minimum Gasteiger partial charge on any atom is -0.355 e. The zero-order chi connectivity index (χ0) is 25.0. The summed E-state index contributed by atoms with van der Waals surface area (Å²) in [7, 11) is 0. The van der Waals surface area contributed by atoms with E-state index in [1.54, 1.807) is 16.7 Å².